The SMILES string of the molecule is COc1ccc(CN(C)C(=O)COc2ccc([N+](=O)[O-])cc2)cc1. The van der Waals surface area contributed by atoms with Crippen molar-refractivity contribution >= 4 is 11.6 Å². The van der Waals surface area contributed by atoms with Gasteiger partial charge in [0.25, 0.3) is 11.6 Å². The van der Waals surface area contributed by atoms with Crippen LogP contribution in [-0.2, 0) is 11.3 Å². The average molecular weight is 330 g/mol. The highest BCUT2D eigenvalue weighted by atomic mass is 16.6. The number of nitrogens with zero attached hydrogens (tertiary/aromatic N) is 2. The van der Waals surface area contributed by atoms with Gasteiger partial charge in [0.15, 0.2) is 6.61 Å². The first-order valence-corrected chi connectivity index (χ1v) is 7.23. The topological polar surface area (TPSA) is 81.9 Å². The fraction of sp³-hybridized carbons (Fsp3) is 0.235. The van der Waals surface area contributed by atoms with Crippen molar-refractivity contribution in [1.82, 2.24) is 4.90 Å². The zero-order valence-electron chi connectivity index (χ0n) is 13.5. The van der Waals surface area contributed by atoms with E-state index in [1.54, 1.807) is 19.1 Å². The second-order valence-corrected chi connectivity index (χ2v) is 5.14. The smallest absolute Gasteiger partial charge is 0.269 e. The molecule has 0 N–H and O–H groups in total. The number of nitro groups is 1. The lowest BCUT2D eigenvalue weighted by Gasteiger charge is -2.17. The van der Waals surface area contributed by atoms with Gasteiger partial charge < -0.3 is 14.4 Å². The number of hydrogen-bond donors (Lipinski definition) is 0. The quantitative estimate of drug-likeness (QED) is 0.576. The molecule has 7 heteroatoms. The lowest BCUT2D eigenvalue weighted by atomic mass is 10.2. The maximum absolute atomic E-state index is 12.1. The zero-order valence-corrected chi connectivity index (χ0v) is 13.5. The molecule has 2 aromatic carbocycles. The van der Waals surface area contributed by atoms with Gasteiger partial charge in [-0.25, -0.2) is 0 Å². The summed E-state index contributed by atoms with van der Waals surface area (Å²) >= 11 is 0. The monoisotopic (exact) mass is 330 g/mol. The first-order valence-electron chi connectivity index (χ1n) is 7.23. The van der Waals surface area contributed by atoms with Crippen molar-refractivity contribution in [2.24, 2.45) is 0 Å². The lowest BCUT2D eigenvalue weighted by molar-refractivity contribution is -0.384. The van der Waals surface area contributed by atoms with Crippen molar-refractivity contribution in [1.29, 1.82) is 0 Å². The molecule has 0 radical (unpaired) electrons. The summed E-state index contributed by atoms with van der Waals surface area (Å²) in [5, 5.41) is 10.6. The van der Waals surface area contributed by atoms with Gasteiger partial charge >= 0.3 is 0 Å². The van der Waals surface area contributed by atoms with E-state index in [0.29, 0.717) is 12.3 Å². The van der Waals surface area contributed by atoms with E-state index in [1.807, 2.05) is 24.3 Å². The molecule has 0 aliphatic rings. The van der Waals surface area contributed by atoms with E-state index in [1.165, 1.54) is 24.3 Å². The minimum absolute atomic E-state index is 0.0229. The Hall–Kier alpha value is -3.09. The fourth-order valence-corrected chi connectivity index (χ4v) is 2.01. The van der Waals surface area contributed by atoms with Crippen LogP contribution in [0.3, 0.4) is 0 Å². The molecule has 0 aromatic heterocycles. The van der Waals surface area contributed by atoms with Crippen molar-refractivity contribution in [3.63, 3.8) is 0 Å². The third-order valence-electron chi connectivity index (χ3n) is 3.41. The van der Waals surface area contributed by atoms with Gasteiger partial charge in [0, 0.05) is 25.7 Å². The molecule has 7 nitrogen and oxygen atoms in total. The molecule has 24 heavy (non-hydrogen) atoms. The summed E-state index contributed by atoms with van der Waals surface area (Å²) in [5.74, 6) is 0.977. The minimum Gasteiger partial charge on any atom is -0.497 e. The van der Waals surface area contributed by atoms with Crippen LogP contribution in [0.25, 0.3) is 0 Å². The van der Waals surface area contributed by atoms with Crippen LogP contribution in [0, 0.1) is 10.1 Å². The second-order valence-electron chi connectivity index (χ2n) is 5.14. The highest BCUT2D eigenvalue weighted by Gasteiger charge is 2.11. The second kappa shape index (κ2) is 7.96. The lowest BCUT2D eigenvalue weighted by Crippen LogP contribution is -2.30. The average Bonchev–Trinajstić information content (AvgIpc) is 2.60. The Labute approximate surface area is 139 Å². The van der Waals surface area contributed by atoms with Gasteiger partial charge in [0.05, 0.1) is 12.0 Å². The summed E-state index contributed by atoms with van der Waals surface area (Å²) in [4.78, 5) is 23.7. The number of amides is 1. The first-order chi connectivity index (χ1) is 11.5. The normalized spacial score (nSPS) is 10.1. The van der Waals surface area contributed by atoms with Gasteiger partial charge in [-0.1, -0.05) is 12.1 Å². The number of nitro benzene ring substituents is 1. The van der Waals surface area contributed by atoms with Gasteiger partial charge in [-0.2, -0.15) is 0 Å². The Balaban J connectivity index is 1.85. The molecule has 0 heterocycles. The Bertz CT molecular complexity index is 698. The molecule has 0 bridgehead atoms. The van der Waals surface area contributed by atoms with Crippen LogP contribution in [0.4, 0.5) is 5.69 Å². The zero-order chi connectivity index (χ0) is 17.5. The molecule has 0 aliphatic heterocycles. The van der Waals surface area contributed by atoms with E-state index in [9.17, 15) is 14.9 Å². The molecule has 0 saturated heterocycles. The molecule has 0 saturated carbocycles. The number of methoxy groups -OCH3 is 1. The Morgan fingerprint density at radius 1 is 1.08 bits per heavy atom. The van der Waals surface area contributed by atoms with Crippen LogP contribution in [0.15, 0.2) is 48.5 Å². The Morgan fingerprint density at radius 2 is 1.67 bits per heavy atom. The van der Waals surface area contributed by atoms with Crippen molar-refractivity contribution in [2.45, 2.75) is 6.54 Å². The number of carbonyl (C=O) groups is 1. The van der Waals surface area contributed by atoms with Crippen molar-refractivity contribution < 1.29 is 19.2 Å². The van der Waals surface area contributed by atoms with Crippen molar-refractivity contribution in [3.05, 3.63) is 64.2 Å². The number of ether oxygens (including phenoxy) is 2. The highest BCUT2D eigenvalue weighted by Crippen LogP contribution is 2.17. The number of non-ortho nitro benzene ring substituents is 1. The largest absolute Gasteiger partial charge is 0.497 e. The van der Waals surface area contributed by atoms with Crippen LogP contribution in [0.5, 0.6) is 11.5 Å². The highest BCUT2D eigenvalue weighted by molar-refractivity contribution is 5.77. The molecule has 2 rings (SSSR count). The van der Waals surface area contributed by atoms with E-state index in [0.717, 1.165) is 11.3 Å². The Morgan fingerprint density at radius 3 is 2.21 bits per heavy atom. The van der Waals surface area contributed by atoms with Crippen LogP contribution in [-0.4, -0.2) is 36.5 Å². The number of likely N-dealkylation sites (N-methyl/N-ethyl adjacent to an activating group) is 1. The number of rotatable bonds is 7. The van der Waals surface area contributed by atoms with Gasteiger partial charge in [-0.05, 0) is 29.8 Å². The molecular formula is C17H18N2O5. The molecule has 0 spiro atoms. The van der Waals surface area contributed by atoms with Crippen molar-refractivity contribution in [3.8, 4) is 11.5 Å². The predicted octanol–water partition coefficient (Wildman–Crippen LogP) is 2.64. The summed E-state index contributed by atoms with van der Waals surface area (Å²) in [6.45, 7) is 0.316. The third-order valence-corrected chi connectivity index (χ3v) is 3.41. The maximum atomic E-state index is 12.1. The maximum Gasteiger partial charge on any atom is 0.269 e. The van der Waals surface area contributed by atoms with E-state index in [-0.39, 0.29) is 18.2 Å². The molecule has 2 aromatic rings. The first kappa shape index (κ1) is 17.3. The molecule has 0 fully saturated rings. The summed E-state index contributed by atoms with van der Waals surface area (Å²) in [5.41, 5.74) is 0.951. The minimum atomic E-state index is -0.489. The van der Waals surface area contributed by atoms with Crippen LogP contribution in [0.2, 0.25) is 0 Å². The molecule has 126 valence electrons. The Kier molecular flexibility index (Phi) is 5.73. The van der Waals surface area contributed by atoms with Crippen molar-refractivity contribution in [2.75, 3.05) is 20.8 Å². The number of benzene rings is 2. The standard InChI is InChI=1S/C17H18N2O5/c1-18(11-13-3-7-15(23-2)8-4-13)17(20)12-24-16-9-5-14(6-10-16)19(21)22/h3-10H,11-12H2,1-2H3. The van der Waals surface area contributed by atoms with Crippen LogP contribution < -0.4 is 9.47 Å². The fourth-order valence-electron chi connectivity index (χ4n) is 2.01. The van der Waals surface area contributed by atoms with Gasteiger partial charge in [0.1, 0.15) is 11.5 Å². The van der Waals surface area contributed by atoms with E-state index in [4.69, 9.17) is 9.47 Å². The molecule has 1 amide bonds. The number of hydrogen-bond acceptors (Lipinski definition) is 5. The molecular weight excluding hydrogens is 312 g/mol. The van der Waals surface area contributed by atoms with E-state index >= 15 is 0 Å². The predicted molar refractivity (Wildman–Crippen MR) is 88.1 cm³/mol. The molecule has 0 aliphatic carbocycles. The molecule has 0 atom stereocenters. The third kappa shape index (κ3) is 4.70. The molecule has 0 unspecified atom stereocenters. The summed E-state index contributed by atoms with van der Waals surface area (Å²) in [6.07, 6.45) is 0. The van der Waals surface area contributed by atoms with E-state index in [2.05, 4.69) is 0 Å². The number of carbonyl (C=O) groups excluding carboxylic acids is 1. The summed E-state index contributed by atoms with van der Waals surface area (Å²) in [6, 6.07) is 13.0. The van der Waals surface area contributed by atoms with Gasteiger partial charge in [-0.3, -0.25) is 14.9 Å². The van der Waals surface area contributed by atoms with E-state index < -0.39 is 4.92 Å². The van der Waals surface area contributed by atoms with Gasteiger partial charge in [0.2, 0.25) is 0 Å². The van der Waals surface area contributed by atoms with Crippen LogP contribution in [0.1, 0.15) is 5.56 Å². The van der Waals surface area contributed by atoms with Gasteiger partial charge in [-0.15, -0.1) is 0 Å². The summed E-state index contributed by atoms with van der Waals surface area (Å²) < 4.78 is 10.5. The van der Waals surface area contributed by atoms with Crippen LogP contribution >= 0.6 is 0 Å². The summed E-state index contributed by atoms with van der Waals surface area (Å²) in [7, 11) is 3.28.